The lowest BCUT2D eigenvalue weighted by Gasteiger charge is -2.41. The van der Waals surface area contributed by atoms with Gasteiger partial charge in [0.1, 0.15) is 0 Å². The van der Waals surface area contributed by atoms with Crippen molar-refractivity contribution >= 4 is 0 Å². The number of hydrogen-bond acceptors (Lipinski definition) is 2. The van der Waals surface area contributed by atoms with Gasteiger partial charge in [0.15, 0.2) is 0 Å². The third-order valence-electron chi connectivity index (χ3n) is 4.35. The first-order valence-corrected chi connectivity index (χ1v) is 6.03. The summed E-state index contributed by atoms with van der Waals surface area (Å²) in [7, 11) is 0. The van der Waals surface area contributed by atoms with Gasteiger partial charge in [0.05, 0.1) is 5.41 Å². The maximum absolute atomic E-state index is 14.6. The zero-order valence-corrected chi connectivity index (χ0v) is 9.55. The van der Waals surface area contributed by atoms with E-state index in [-0.39, 0.29) is 5.56 Å². The number of hydrogen-bond donors (Lipinski definition) is 2. The van der Waals surface area contributed by atoms with Gasteiger partial charge in [-0.25, -0.2) is 8.78 Å². The molecule has 1 heterocycles. The molecule has 1 aromatic carbocycles. The van der Waals surface area contributed by atoms with Crippen molar-refractivity contribution in [1.82, 2.24) is 5.32 Å². The Hall–Kier alpha value is -1.00. The molecule has 0 bridgehead atoms. The van der Waals surface area contributed by atoms with E-state index in [4.69, 9.17) is 5.73 Å². The molecule has 3 rings (SSSR count). The van der Waals surface area contributed by atoms with E-state index in [0.29, 0.717) is 31.5 Å². The van der Waals surface area contributed by atoms with E-state index < -0.39 is 17.4 Å². The Morgan fingerprint density at radius 2 is 1.82 bits per heavy atom. The predicted molar refractivity (Wildman–Crippen MR) is 61.8 cm³/mol. The molecule has 4 heteroatoms. The van der Waals surface area contributed by atoms with Crippen LogP contribution in [0.25, 0.3) is 0 Å². The monoisotopic (exact) mass is 238 g/mol. The first-order chi connectivity index (χ1) is 8.09. The molecule has 17 heavy (non-hydrogen) atoms. The third kappa shape index (κ3) is 1.25. The van der Waals surface area contributed by atoms with Gasteiger partial charge in [0, 0.05) is 11.6 Å². The van der Waals surface area contributed by atoms with E-state index in [2.05, 4.69) is 5.32 Å². The highest BCUT2D eigenvalue weighted by atomic mass is 19.3. The molecule has 0 saturated carbocycles. The molecule has 0 radical (unpaired) electrons. The van der Waals surface area contributed by atoms with Crippen LogP contribution >= 0.6 is 0 Å². The van der Waals surface area contributed by atoms with Crippen LogP contribution in [0.15, 0.2) is 24.3 Å². The van der Waals surface area contributed by atoms with Gasteiger partial charge in [-0.1, -0.05) is 24.3 Å². The minimum Gasteiger partial charge on any atom is -0.323 e. The van der Waals surface area contributed by atoms with Crippen molar-refractivity contribution in [3.63, 3.8) is 0 Å². The maximum Gasteiger partial charge on any atom is 0.280 e. The Labute approximate surface area is 99.2 Å². The third-order valence-corrected chi connectivity index (χ3v) is 4.35. The number of nitrogens with one attached hydrogen (secondary N) is 1. The van der Waals surface area contributed by atoms with Crippen LogP contribution in [-0.4, -0.2) is 13.1 Å². The predicted octanol–water partition coefficient (Wildman–Crippen LogP) is 2.16. The first-order valence-electron chi connectivity index (χ1n) is 6.03. The van der Waals surface area contributed by atoms with Crippen molar-refractivity contribution in [1.29, 1.82) is 0 Å². The summed E-state index contributed by atoms with van der Waals surface area (Å²) in [5, 5.41) is 3.13. The molecule has 1 fully saturated rings. The fourth-order valence-electron chi connectivity index (χ4n) is 3.31. The lowest BCUT2D eigenvalue weighted by atomic mass is 9.71. The van der Waals surface area contributed by atoms with Crippen LogP contribution in [0.1, 0.15) is 30.0 Å². The van der Waals surface area contributed by atoms with Crippen LogP contribution in [0.3, 0.4) is 0 Å². The molecular formula is C13H16F2N2. The summed E-state index contributed by atoms with van der Waals surface area (Å²) in [5.41, 5.74) is 5.80. The van der Waals surface area contributed by atoms with Gasteiger partial charge in [-0.2, -0.15) is 0 Å². The number of benzene rings is 1. The fourth-order valence-corrected chi connectivity index (χ4v) is 3.31. The average Bonchev–Trinajstić information content (AvgIpc) is 2.52. The second kappa shape index (κ2) is 3.50. The van der Waals surface area contributed by atoms with Crippen LogP contribution in [0.2, 0.25) is 0 Å². The molecule has 1 aromatic rings. The van der Waals surface area contributed by atoms with Crippen LogP contribution < -0.4 is 11.1 Å². The number of nitrogens with two attached hydrogens (primary N) is 1. The van der Waals surface area contributed by atoms with E-state index in [1.54, 1.807) is 18.2 Å². The quantitative estimate of drug-likeness (QED) is 0.727. The van der Waals surface area contributed by atoms with Crippen LogP contribution in [0, 0.1) is 5.41 Å². The van der Waals surface area contributed by atoms with Crippen molar-refractivity contribution in [2.24, 2.45) is 11.1 Å². The SMILES string of the molecule is NC1c2ccccc2C(F)(F)C12CCNCC2. The second-order valence-corrected chi connectivity index (χ2v) is 5.05. The van der Waals surface area contributed by atoms with Gasteiger partial charge in [-0.15, -0.1) is 0 Å². The highest BCUT2D eigenvalue weighted by Gasteiger charge is 2.63. The zero-order chi connectivity index (χ0) is 12.1. The van der Waals surface area contributed by atoms with E-state index in [9.17, 15) is 8.78 Å². The molecule has 0 aromatic heterocycles. The van der Waals surface area contributed by atoms with Gasteiger partial charge < -0.3 is 11.1 Å². The second-order valence-electron chi connectivity index (χ2n) is 5.05. The highest BCUT2D eigenvalue weighted by molar-refractivity contribution is 5.43. The molecule has 1 spiro atoms. The molecular weight excluding hydrogens is 222 g/mol. The van der Waals surface area contributed by atoms with Gasteiger partial charge in [0.25, 0.3) is 5.92 Å². The number of fused-ring (bicyclic) bond motifs is 1. The van der Waals surface area contributed by atoms with Crippen molar-refractivity contribution < 1.29 is 8.78 Å². The van der Waals surface area contributed by atoms with E-state index in [1.165, 1.54) is 6.07 Å². The number of halogens is 2. The average molecular weight is 238 g/mol. The molecule has 1 aliphatic carbocycles. The molecule has 0 amide bonds. The summed E-state index contributed by atoms with van der Waals surface area (Å²) in [6.07, 6.45) is 0.881. The van der Waals surface area contributed by atoms with Gasteiger partial charge in [-0.05, 0) is 31.5 Å². The summed E-state index contributed by atoms with van der Waals surface area (Å²) in [5.74, 6) is -2.80. The highest BCUT2D eigenvalue weighted by Crippen LogP contribution is 2.62. The van der Waals surface area contributed by atoms with Gasteiger partial charge in [-0.3, -0.25) is 0 Å². The minimum atomic E-state index is -2.80. The van der Waals surface area contributed by atoms with Crippen molar-refractivity contribution in [3.8, 4) is 0 Å². The van der Waals surface area contributed by atoms with Crippen molar-refractivity contribution in [2.45, 2.75) is 24.8 Å². The first kappa shape index (κ1) is 11.1. The maximum atomic E-state index is 14.6. The molecule has 3 N–H and O–H groups in total. The number of alkyl halides is 2. The van der Waals surface area contributed by atoms with Gasteiger partial charge in [0.2, 0.25) is 0 Å². The van der Waals surface area contributed by atoms with E-state index in [1.807, 2.05) is 0 Å². The lowest BCUT2D eigenvalue weighted by Crippen LogP contribution is -2.48. The van der Waals surface area contributed by atoms with E-state index in [0.717, 1.165) is 0 Å². The summed E-state index contributed by atoms with van der Waals surface area (Å²) in [6.45, 7) is 1.24. The Morgan fingerprint density at radius 3 is 2.47 bits per heavy atom. The van der Waals surface area contributed by atoms with Gasteiger partial charge >= 0.3 is 0 Å². The molecule has 1 atom stereocenters. The van der Waals surface area contributed by atoms with E-state index >= 15 is 0 Å². The number of piperidine rings is 1. The lowest BCUT2D eigenvalue weighted by molar-refractivity contribution is -0.141. The Balaban J connectivity index is 2.15. The van der Waals surface area contributed by atoms with Crippen molar-refractivity contribution in [2.75, 3.05) is 13.1 Å². The van der Waals surface area contributed by atoms with Crippen LogP contribution in [-0.2, 0) is 5.92 Å². The summed E-state index contributed by atoms with van der Waals surface area (Å²) >= 11 is 0. The Kier molecular flexibility index (Phi) is 2.28. The number of rotatable bonds is 0. The zero-order valence-electron chi connectivity index (χ0n) is 9.55. The standard InChI is InChI=1S/C13H16F2N2/c14-13(15)10-4-2-1-3-9(10)11(16)12(13)5-7-17-8-6-12/h1-4,11,17H,5-8,16H2. The summed E-state index contributed by atoms with van der Waals surface area (Å²) in [4.78, 5) is 0. The van der Waals surface area contributed by atoms with Crippen molar-refractivity contribution in [3.05, 3.63) is 35.4 Å². The summed E-state index contributed by atoms with van der Waals surface area (Å²) < 4.78 is 29.2. The molecule has 92 valence electrons. The smallest absolute Gasteiger partial charge is 0.280 e. The Morgan fingerprint density at radius 1 is 1.18 bits per heavy atom. The Bertz CT molecular complexity index is 439. The summed E-state index contributed by atoms with van der Waals surface area (Å²) in [6, 6.07) is 6.17. The largest absolute Gasteiger partial charge is 0.323 e. The molecule has 2 aliphatic rings. The molecule has 2 nitrogen and oxygen atoms in total. The molecule has 1 saturated heterocycles. The normalized spacial score (nSPS) is 29.2. The molecule has 1 unspecified atom stereocenters. The topological polar surface area (TPSA) is 38.0 Å². The van der Waals surface area contributed by atoms with Crippen LogP contribution in [0.4, 0.5) is 8.78 Å². The fraction of sp³-hybridized carbons (Fsp3) is 0.538. The molecule has 1 aliphatic heterocycles. The van der Waals surface area contributed by atoms with Crippen LogP contribution in [0.5, 0.6) is 0 Å². The minimum absolute atomic E-state index is 0.134.